The molecule has 8 heteroatoms. The molecule has 1 aromatic carbocycles. The Hall–Kier alpha value is -2.19. The van der Waals surface area contributed by atoms with Crippen LogP contribution in [0.15, 0.2) is 34.8 Å². The molecule has 1 N–H and O–H groups in total. The number of rotatable bonds is 5. The summed E-state index contributed by atoms with van der Waals surface area (Å²) in [5.74, 6) is -0.00796. The molecule has 24 heavy (non-hydrogen) atoms. The van der Waals surface area contributed by atoms with Gasteiger partial charge in [-0.1, -0.05) is 6.08 Å². The highest BCUT2D eigenvalue weighted by Gasteiger charge is 2.32. The van der Waals surface area contributed by atoms with Crippen LogP contribution < -0.4 is 14.8 Å². The molecule has 0 aromatic heterocycles. The van der Waals surface area contributed by atoms with Gasteiger partial charge in [-0.25, -0.2) is 0 Å². The normalized spacial score (nSPS) is 16.2. The average molecular weight is 411 g/mol. The largest absolute Gasteiger partial charge is 0.496 e. The van der Waals surface area contributed by atoms with E-state index in [-0.39, 0.29) is 17.2 Å². The molecule has 126 valence electrons. The molecule has 1 aromatic rings. The molecule has 0 unspecified atom stereocenters. The number of amides is 2. The first-order valence-electron chi connectivity index (χ1n) is 6.84. The summed E-state index contributed by atoms with van der Waals surface area (Å²) in [4.78, 5) is 26.0. The third kappa shape index (κ3) is 3.49. The minimum Gasteiger partial charge on any atom is -0.496 e. The Kier molecular flexibility index (Phi) is 5.74. The lowest BCUT2D eigenvalue weighted by Gasteiger charge is -2.27. The maximum Gasteiger partial charge on any atom is 0.265 e. The summed E-state index contributed by atoms with van der Waals surface area (Å²) in [6, 6.07) is 3.36. The zero-order valence-corrected chi connectivity index (χ0v) is 15.5. The van der Waals surface area contributed by atoms with Crippen LogP contribution in [0.4, 0.5) is 0 Å². The van der Waals surface area contributed by atoms with Gasteiger partial charge in [0.1, 0.15) is 17.1 Å². The van der Waals surface area contributed by atoms with Crippen molar-refractivity contribution in [2.24, 2.45) is 0 Å². The molecule has 1 fully saturated rings. The minimum absolute atomic E-state index is 0.0409. The lowest BCUT2D eigenvalue weighted by atomic mass is 10.1. The molecule has 6 nitrogen and oxygen atoms in total. The van der Waals surface area contributed by atoms with Crippen LogP contribution >= 0.6 is 28.1 Å². The second-order valence-corrected chi connectivity index (χ2v) is 5.99. The van der Waals surface area contributed by atoms with Crippen LogP contribution in [0.1, 0.15) is 5.56 Å². The van der Waals surface area contributed by atoms with Crippen molar-refractivity contribution >= 4 is 51.2 Å². The van der Waals surface area contributed by atoms with Gasteiger partial charge >= 0.3 is 0 Å². The zero-order valence-electron chi connectivity index (χ0n) is 13.1. The van der Waals surface area contributed by atoms with E-state index in [9.17, 15) is 9.59 Å². The van der Waals surface area contributed by atoms with E-state index in [1.54, 1.807) is 12.1 Å². The number of carbonyl (C=O) groups excluding carboxylic acids is 2. The van der Waals surface area contributed by atoms with Gasteiger partial charge in [0.25, 0.3) is 11.8 Å². The molecule has 2 amide bonds. The predicted octanol–water partition coefficient (Wildman–Crippen LogP) is 2.28. The Balaban J connectivity index is 2.51. The monoisotopic (exact) mass is 410 g/mol. The van der Waals surface area contributed by atoms with Crippen molar-refractivity contribution in [3.63, 3.8) is 0 Å². The van der Waals surface area contributed by atoms with E-state index in [0.29, 0.717) is 21.5 Å². The number of hydrogen-bond acceptors (Lipinski definition) is 5. The van der Waals surface area contributed by atoms with Gasteiger partial charge in [0, 0.05) is 18.2 Å². The third-order valence-electron chi connectivity index (χ3n) is 3.30. The van der Waals surface area contributed by atoms with Crippen molar-refractivity contribution < 1.29 is 19.1 Å². The van der Waals surface area contributed by atoms with Crippen LogP contribution in [0.5, 0.6) is 11.5 Å². The lowest BCUT2D eigenvalue weighted by Crippen LogP contribution is -2.53. The van der Waals surface area contributed by atoms with Gasteiger partial charge in [0.05, 0.1) is 18.7 Å². The van der Waals surface area contributed by atoms with Crippen molar-refractivity contribution in [1.82, 2.24) is 10.2 Å². The summed E-state index contributed by atoms with van der Waals surface area (Å²) in [6.07, 6.45) is 2.99. The summed E-state index contributed by atoms with van der Waals surface area (Å²) >= 11 is 8.39. The summed E-state index contributed by atoms with van der Waals surface area (Å²) in [6.45, 7) is 3.79. The molecule has 1 saturated heterocycles. The van der Waals surface area contributed by atoms with Crippen LogP contribution in [0.3, 0.4) is 0 Å². The highest BCUT2D eigenvalue weighted by atomic mass is 79.9. The van der Waals surface area contributed by atoms with Gasteiger partial charge in [0.2, 0.25) is 0 Å². The summed E-state index contributed by atoms with van der Waals surface area (Å²) in [5, 5.41) is 2.55. The van der Waals surface area contributed by atoms with Gasteiger partial charge in [0.15, 0.2) is 5.11 Å². The molecular formula is C16H15BrN2O4S. The van der Waals surface area contributed by atoms with Gasteiger partial charge in [-0.3, -0.25) is 19.8 Å². The summed E-state index contributed by atoms with van der Waals surface area (Å²) in [7, 11) is 3.02. The second kappa shape index (κ2) is 7.59. The number of nitrogens with zero attached hydrogens (tertiary/aromatic N) is 1. The van der Waals surface area contributed by atoms with E-state index in [1.807, 2.05) is 0 Å². The van der Waals surface area contributed by atoms with E-state index in [0.717, 1.165) is 0 Å². The van der Waals surface area contributed by atoms with Crippen LogP contribution in [0.25, 0.3) is 6.08 Å². The van der Waals surface area contributed by atoms with Gasteiger partial charge in [-0.05, 0) is 40.3 Å². The number of methoxy groups -OCH3 is 2. The highest BCUT2D eigenvalue weighted by Crippen LogP contribution is 2.34. The molecule has 1 aliphatic heterocycles. The standard InChI is InChI=1S/C16H15BrN2O4S/c1-4-5-19-15(21)10(14(20)18-16(19)24)6-9-7-11(17)13(23-3)8-12(9)22-2/h4,6-8H,1,5H2,2-3H3,(H,18,20,24). The molecule has 0 spiro atoms. The number of thiocarbonyl (C=S) groups is 1. The average Bonchev–Trinajstić information content (AvgIpc) is 2.55. The zero-order chi connectivity index (χ0) is 17.9. The van der Waals surface area contributed by atoms with Gasteiger partial charge in [-0.15, -0.1) is 6.58 Å². The van der Waals surface area contributed by atoms with Crippen molar-refractivity contribution in [3.05, 3.63) is 40.4 Å². The van der Waals surface area contributed by atoms with Crippen LogP contribution in [0.2, 0.25) is 0 Å². The molecule has 0 aliphatic carbocycles. The first kappa shape index (κ1) is 18.2. The quantitative estimate of drug-likeness (QED) is 0.349. The minimum atomic E-state index is -0.556. The van der Waals surface area contributed by atoms with Crippen molar-refractivity contribution in [2.75, 3.05) is 20.8 Å². The molecule has 0 bridgehead atoms. The molecular weight excluding hydrogens is 396 g/mol. The number of benzene rings is 1. The molecule has 1 heterocycles. The van der Waals surface area contributed by atoms with E-state index < -0.39 is 11.8 Å². The smallest absolute Gasteiger partial charge is 0.265 e. The van der Waals surface area contributed by atoms with Crippen LogP contribution in [-0.4, -0.2) is 42.6 Å². The van der Waals surface area contributed by atoms with E-state index in [2.05, 4.69) is 27.8 Å². The number of nitrogens with one attached hydrogen (secondary N) is 1. The molecule has 0 saturated carbocycles. The maximum absolute atomic E-state index is 12.5. The topological polar surface area (TPSA) is 67.9 Å². The van der Waals surface area contributed by atoms with Crippen molar-refractivity contribution in [1.29, 1.82) is 0 Å². The fraction of sp³-hybridized carbons (Fsp3) is 0.188. The highest BCUT2D eigenvalue weighted by molar-refractivity contribution is 9.10. The fourth-order valence-corrected chi connectivity index (χ4v) is 2.91. The Labute approximate surface area is 153 Å². The lowest BCUT2D eigenvalue weighted by molar-refractivity contribution is -0.128. The molecule has 0 radical (unpaired) electrons. The summed E-state index contributed by atoms with van der Waals surface area (Å²) in [5.41, 5.74) is 0.510. The summed E-state index contributed by atoms with van der Waals surface area (Å²) < 4.78 is 11.2. The first-order valence-corrected chi connectivity index (χ1v) is 8.04. The Morgan fingerprint density at radius 2 is 1.96 bits per heavy atom. The van der Waals surface area contributed by atoms with Gasteiger partial charge < -0.3 is 9.47 Å². The SMILES string of the molecule is C=CCN1C(=O)C(=Cc2cc(Br)c(OC)cc2OC)C(=O)NC1=S. The number of ether oxygens (including phenoxy) is 2. The predicted molar refractivity (Wildman–Crippen MR) is 97.9 cm³/mol. The van der Waals surface area contributed by atoms with E-state index in [1.165, 1.54) is 31.3 Å². The van der Waals surface area contributed by atoms with Crippen LogP contribution in [-0.2, 0) is 9.59 Å². The Morgan fingerprint density at radius 3 is 2.54 bits per heavy atom. The van der Waals surface area contributed by atoms with E-state index >= 15 is 0 Å². The molecule has 2 rings (SSSR count). The third-order valence-corrected chi connectivity index (χ3v) is 4.24. The molecule has 0 atom stereocenters. The Bertz CT molecular complexity index is 761. The Morgan fingerprint density at radius 1 is 1.29 bits per heavy atom. The number of halogens is 1. The van der Waals surface area contributed by atoms with Gasteiger partial charge in [-0.2, -0.15) is 0 Å². The maximum atomic E-state index is 12.5. The van der Waals surface area contributed by atoms with Crippen molar-refractivity contribution in [3.8, 4) is 11.5 Å². The fourth-order valence-electron chi connectivity index (χ4n) is 2.14. The molecule has 1 aliphatic rings. The number of hydrogen-bond donors (Lipinski definition) is 1. The van der Waals surface area contributed by atoms with Crippen LogP contribution in [0, 0.1) is 0 Å². The van der Waals surface area contributed by atoms with E-state index in [4.69, 9.17) is 21.7 Å². The second-order valence-electron chi connectivity index (χ2n) is 4.75. The first-order chi connectivity index (χ1) is 11.4. The van der Waals surface area contributed by atoms with Crippen molar-refractivity contribution in [2.45, 2.75) is 0 Å². The number of carbonyl (C=O) groups is 2.